The summed E-state index contributed by atoms with van der Waals surface area (Å²) in [5.41, 5.74) is 1.73. The maximum Gasteiger partial charge on any atom is 0.280 e. The lowest BCUT2D eigenvalue weighted by atomic mass is 10.1. The summed E-state index contributed by atoms with van der Waals surface area (Å²) in [5, 5.41) is 20.8. The van der Waals surface area contributed by atoms with Crippen molar-refractivity contribution in [2.75, 3.05) is 6.79 Å². The summed E-state index contributed by atoms with van der Waals surface area (Å²) in [7, 11) is 0. The summed E-state index contributed by atoms with van der Waals surface area (Å²) < 4.78 is 10.4. The maximum atomic E-state index is 11.3. The molecule has 25 heavy (non-hydrogen) atoms. The van der Waals surface area contributed by atoms with Gasteiger partial charge in [0.05, 0.1) is 33.2 Å². The first kappa shape index (κ1) is 14.7. The van der Waals surface area contributed by atoms with Crippen LogP contribution >= 0.6 is 0 Å². The molecule has 3 aromatic rings. The van der Waals surface area contributed by atoms with E-state index in [1.54, 1.807) is 0 Å². The average molecular weight is 334 g/mol. The Bertz CT molecular complexity index is 1040. The molecular formula is C17H10N4O4. The van der Waals surface area contributed by atoms with Crippen molar-refractivity contribution in [2.45, 2.75) is 0 Å². The van der Waals surface area contributed by atoms with Gasteiger partial charge < -0.3 is 14.5 Å². The van der Waals surface area contributed by atoms with Crippen LogP contribution < -0.4 is 9.47 Å². The number of nitriles is 1. The van der Waals surface area contributed by atoms with Crippen molar-refractivity contribution in [1.29, 1.82) is 5.26 Å². The Hall–Kier alpha value is -3.86. The fraction of sp³-hybridized carbons (Fsp3) is 0.0588. The number of fused-ring (bicyclic) bond motifs is 2. The Labute approximate surface area is 141 Å². The molecule has 2 aromatic carbocycles. The fourth-order valence-corrected chi connectivity index (χ4v) is 2.61. The van der Waals surface area contributed by atoms with Gasteiger partial charge in [-0.2, -0.15) is 5.26 Å². The van der Waals surface area contributed by atoms with E-state index in [1.165, 1.54) is 18.2 Å². The van der Waals surface area contributed by atoms with Crippen molar-refractivity contribution >= 4 is 28.4 Å². The summed E-state index contributed by atoms with van der Waals surface area (Å²) in [6, 6.07) is 12.2. The van der Waals surface area contributed by atoms with Crippen LogP contribution in [0.25, 0.3) is 22.7 Å². The van der Waals surface area contributed by atoms with E-state index >= 15 is 0 Å². The van der Waals surface area contributed by atoms with E-state index in [0.29, 0.717) is 22.8 Å². The molecule has 0 saturated heterocycles. The lowest BCUT2D eigenvalue weighted by molar-refractivity contribution is -0.385. The van der Waals surface area contributed by atoms with Gasteiger partial charge in [0.25, 0.3) is 5.69 Å². The Morgan fingerprint density at radius 3 is 2.80 bits per heavy atom. The van der Waals surface area contributed by atoms with Crippen molar-refractivity contribution in [1.82, 2.24) is 9.97 Å². The van der Waals surface area contributed by atoms with E-state index in [0.717, 1.165) is 5.52 Å². The average Bonchev–Trinajstić information content (AvgIpc) is 3.24. The molecule has 0 saturated carbocycles. The minimum atomic E-state index is -0.526. The molecule has 0 spiro atoms. The quantitative estimate of drug-likeness (QED) is 0.446. The maximum absolute atomic E-state index is 11.3. The number of nitrogens with zero attached hydrogens (tertiary/aromatic N) is 3. The zero-order valence-electron chi connectivity index (χ0n) is 12.7. The Morgan fingerprint density at radius 2 is 2.08 bits per heavy atom. The lowest BCUT2D eigenvalue weighted by Gasteiger charge is -2.01. The van der Waals surface area contributed by atoms with E-state index in [1.807, 2.05) is 30.3 Å². The molecule has 0 unspecified atom stereocenters. The van der Waals surface area contributed by atoms with Gasteiger partial charge in [0.1, 0.15) is 11.9 Å². The third-order valence-corrected chi connectivity index (χ3v) is 3.78. The zero-order valence-corrected chi connectivity index (χ0v) is 12.7. The zero-order chi connectivity index (χ0) is 17.4. The van der Waals surface area contributed by atoms with Crippen LogP contribution in [0.3, 0.4) is 0 Å². The van der Waals surface area contributed by atoms with Gasteiger partial charge in [-0.15, -0.1) is 0 Å². The number of rotatable bonds is 3. The van der Waals surface area contributed by atoms with Gasteiger partial charge in [-0.1, -0.05) is 12.1 Å². The van der Waals surface area contributed by atoms with Crippen LogP contribution in [-0.4, -0.2) is 21.7 Å². The Balaban J connectivity index is 1.85. The molecule has 8 nitrogen and oxygen atoms in total. The van der Waals surface area contributed by atoms with E-state index in [-0.39, 0.29) is 23.6 Å². The summed E-state index contributed by atoms with van der Waals surface area (Å²) in [6.45, 7) is 0.00827. The third kappa shape index (κ3) is 2.53. The third-order valence-electron chi connectivity index (χ3n) is 3.78. The monoisotopic (exact) mass is 334 g/mol. The topological polar surface area (TPSA) is 114 Å². The van der Waals surface area contributed by atoms with Gasteiger partial charge in [-0.3, -0.25) is 10.1 Å². The molecule has 0 aliphatic carbocycles. The van der Waals surface area contributed by atoms with Crippen LogP contribution in [-0.2, 0) is 0 Å². The molecule has 2 heterocycles. The minimum absolute atomic E-state index is 0.00827. The standard InChI is InChI=1S/C17H10N4O4/c18-8-11(17-19-12-3-1-2-4-13(12)20-17)5-10-6-15-16(25-9-24-15)7-14(10)21(22)23/h1-7H,9H2,(H,19,20). The van der Waals surface area contributed by atoms with Crippen molar-refractivity contribution in [3.63, 3.8) is 0 Å². The van der Waals surface area contributed by atoms with Crippen molar-refractivity contribution in [2.24, 2.45) is 0 Å². The fourth-order valence-electron chi connectivity index (χ4n) is 2.61. The van der Waals surface area contributed by atoms with Gasteiger partial charge in [0.15, 0.2) is 11.5 Å². The molecular weight excluding hydrogens is 324 g/mol. The van der Waals surface area contributed by atoms with Gasteiger partial charge >= 0.3 is 0 Å². The van der Waals surface area contributed by atoms with Crippen molar-refractivity contribution in [3.05, 3.63) is 57.9 Å². The first-order valence-electron chi connectivity index (χ1n) is 7.30. The first-order chi connectivity index (χ1) is 12.2. The summed E-state index contributed by atoms with van der Waals surface area (Å²) in [4.78, 5) is 18.2. The second-order valence-corrected chi connectivity index (χ2v) is 5.29. The number of nitro groups is 1. The second-order valence-electron chi connectivity index (χ2n) is 5.29. The van der Waals surface area contributed by atoms with Crippen LogP contribution in [0.4, 0.5) is 5.69 Å². The molecule has 1 aliphatic heterocycles. The summed E-state index contributed by atoms with van der Waals surface area (Å²) in [6.07, 6.45) is 1.41. The number of nitrogens with one attached hydrogen (secondary N) is 1. The molecule has 0 amide bonds. The van der Waals surface area contributed by atoms with Gasteiger partial charge in [0, 0.05) is 0 Å². The number of imidazole rings is 1. The molecule has 0 fully saturated rings. The van der Waals surface area contributed by atoms with Crippen LogP contribution in [0, 0.1) is 21.4 Å². The molecule has 1 aliphatic rings. The molecule has 1 N–H and O–H groups in total. The Morgan fingerprint density at radius 1 is 1.32 bits per heavy atom. The molecule has 122 valence electrons. The number of H-pyrrole nitrogens is 1. The number of benzene rings is 2. The van der Waals surface area contributed by atoms with E-state index in [4.69, 9.17) is 9.47 Å². The number of hydrogen-bond donors (Lipinski definition) is 1. The van der Waals surface area contributed by atoms with Gasteiger partial charge in [-0.05, 0) is 24.3 Å². The number of hydrogen-bond acceptors (Lipinski definition) is 6. The normalized spacial score (nSPS) is 13.0. The van der Waals surface area contributed by atoms with Crippen molar-refractivity contribution < 1.29 is 14.4 Å². The Kier molecular flexibility index (Phi) is 3.32. The van der Waals surface area contributed by atoms with Crippen LogP contribution in [0.2, 0.25) is 0 Å². The number of ether oxygens (including phenoxy) is 2. The summed E-state index contributed by atoms with van der Waals surface area (Å²) >= 11 is 0. The van der Waals surface area contributed by atoms with Crippen LogP contribution in [0.15, 0.2) is 36.4 Å². The van der Waals surface area contributed by atoms with E-state index in [2.05, 4.69) is 9.97 Å². The molecule has 0 atom stereocenters. The molecule has 4 rings (SSSR count). The smallest absolute Gasteiger partial charge is 0.280 e. The number of nitro benzene ring substituents is 1. The molecule has 0 radical (unpaired) electrons. The largest absolute Gasteiger partial charge is 0.454 e. The first-order valence-corrected chi connectivity index (χ1v) is 7.30. The predicted octanol–water partition coefficient (Wildman–Crippen LogP) is 3.26. The number of allylic oxidation sites excluding steroid dienone is 1. The van der Waals surface area contributed by atoms with Crippen LogP contribution in [0.1, 0.15) is 11.4 Å². The number of para-hydroxylation sites is 2. The highest BCUT2D eigenvalue weighted by atomic mass is 16.7. The van der Waals surface area contributed by atoms with Crippen LogP contribution in [0.5, 0.6) is 11.5 Å². The lowest BCUT2D eigenvalue weighted by Crippen LogP contribution is -1.93. The number of aromatic nitrogens is 2. The second kappa shape index (κ2) is 5.65. The molecule has 0 bridgehead atoms. The predicted molar refractivity (Wildman–Crippen MR) is 88.8 cm³/mol. The summed E-state index contributed by atoms with van der Waals surface area (Å²) in [5.74, 6) is 1.06. The number of aromatic amines is 1. The highest BCUT2D eigenvalue weighted by molar-refractivity contribution is 5.92. The molecule has 8 heteroatoms. The molecule has 1 aromatic heterocycles. The highest BCUT2D eigenvalue weighted by Gasteiger charge is 2.23. The minimum Gasteiger partial charge on any atom is -0.454 e. The van der Waals surface area contributed by atoms with Gasteiger partial charge in [0.2, 0.25) is 6.79 Å². The van der Waals surface area contributed by atoms with Gasteiger partial charge in [-0.25, -0.2) is 4.98 Å². The van der Waals surface area contributed by atoms with E-state index < -0.39 is 4.92 Å². The SMILES string of the molecule is N#CC(=Cc1cc2c(cc1[N+](=O)[O-])OCO2)c1nc2ccccc2[nH]1. The van der Waals surface area contributed by atoms with E-state index in [9.17, 15) is 15.4 Å². The van der Waals surface area contributed by atoms with Crippen molar-refractivity contribution in [3.8, 4) is 17.6 Å². The highest BCUT2D eigenvalue weighted by Crippen LogP contribution is 2.39.